The number of nitrogens with zero attached hydrogens (tertiary/aromatic N) is 1. The van der Waals surface area contributed by atoms with Crippen LogP contribution in [-0.2, 0) is 14.3 Å². The van der Waals surface area contributed by atoms with Gasteiger partial charge in [0.05, 0.1) is 7.11 Å². The van der Waals surface area contributed by atoms with Crippen LogP contribution >= 0.6 is 0 Å². The zero-order valence-corrected chi connectivity index (χ0v) is 26.3. The lowest BCUT2D eigenvalue weighted by Crippen LogP contribution is -2.54. The largest absolute Gasteiger partial charge is 0.497 e. The number of benzene rings is 2. The quantitative estimate of drug-likeness (QED) is 0.255. The van der Waals surface area contributed by atoms with Crippen LogP contribution in [0, 0.1) is 19.8 Å². The molecular formula is C33H49N3O5. The standard InChI is InChI=1S/C33H49N3O5/c1-10-11-12-13-21-36(31(38)28(22(2)3)35-32(39)41-33(6,7)8)29(27-16-14-15-23(4)24(27)5)30(37)34-25-17-19-26(40-9)20-18-25/h14-20,22,28-29H,10-13,21H2,1-9H3,(H,34,37)(H,35,39). The highest BCUT2D eigenvalue weighted by atomic mass is 16.6. The monoisotopic (exact) mass is 567 g/mol. The van der Waals surface area contributed by atoms with Crippen LogP contribution in [-0.4, -0.2) is 48.1 Å². The lowest BCUT2D eigenvalue weighted by molar-refractivity contribution is -0.141. The molecule has 0 aliphatic heterocycles. The number of carbonyl (C=O) groups excluding carboxylic acids is 3. The van der Waals surface area contributed by atoms with Crippen LogP contribution in [0.5, 0.6) is 5.75 Å². The summed E-state index contributed by atoms with van der Waals surface area (Å²) in [5.74, 6) is -0.211. The number of anilines is 1. The van der Waals surface area contributed by atoms with E-state index in [2.05, 4.69) is 17.6 Å². The highest BCUT2D eigenvalue weighted by molar-refractivity contribution is 5.99. The van der Waals surface area contributed by atoms with E-state index < -0.39 is 23.8 Å². The average Bonchev–Trinajstić information content (AvgIpc) is 2.90. The number of amides is 3. The van der Waals surface area contributed by atoms with Crippen LogP contribution in [0.25, 0.3) is 0 Å². The summed E-state index contributed by atoms with van der Waals surface area (Å²) >= 11 is 0. The van der Waals surface area contributed by atoms with Gasteiger partial charge in [0, 0.05) is 12.2 Å². The lowest BCUT2D eigenvalue weighted by Gasteiger charge is -2.36. The van der Waals surface area contributed by atoms with Crippen molar-refractivity contribution in [2.24, 2.45) is 5.92 Å². The van der Waals surface area contributed by atoms with E-state index in [0.29, 0.717) is 18.0 Å². The summed E-state index contributed by atoms with van der Waals surface area (Å²) < 4.78 is 10.7. The zero-order chi connectivity index (χ0) is 30.7. The third-order valence-electron chi connectivity index (χ3n) is 7.00. The first kappa shape index (κ1) is 33.7. The molecule has 0 heterocycles. The smallest absolute Gasteiger partial charge is 0.408 e. The Morgan fingerprint density at radius 1 is 0.951 bits per heavy atom. The van der Waals surface area contributed by atoms with Crippen LogP contribution in [0.1, 0.15) is 90.0 Å². The predicted octanol–water partition coefficient (Wildman–Crippen LogP) is 6.95. The first-order valence-electron chi connectivity index (χ1n) is 14.6. The molecule has 0 bridgehead atoms. The number of carbonyl (C=O) groups is 3. The molecule has 2 N–H and O–H groups in total. The van der Waals surface area contributed by atoms with Gasteiger partial charge in [-0.1, -0.05) is 58.2 Å². The van der Waals surface area contributed by atoms with Gasteiger partial charge in [0.15, 0.2) is 0 Å². The Morgan fingerprint density at radius 2 is 1.61 bits per heavy atom. The highest BCUT2D eigenvalue weighted by Crippen LogP contribution is 2.30. The Labute approximate surface area is 246 Å². The van der Waals surface area contributed by atoms with Gasteiger partial charge in [-0.3, -0.25) is 9.59 Å². The fraction of sp³-hybridized carbons (Fsp3) is 0.545. The number of alkyl carbamates (subject to hydrolysis) is 1. The van der Waals surface area contributed by atoms with Gasteiger partial charge < -0.3 is 25.0 Å². The molecule has 0 aliphatic carbocycles. The number of methoxy groups -OCH3 is 1. The average molecular weight is 568 g/mol. The molecule has 2 aromatic carbocycles. The number of unbranched alkanes of at least 4 members (excludes halogenated alkanes) is 3. The molecule has 0 aromatic heterocycles. The molecule has 2 rings (SSSR count). The second kappa shape index (κ2) is 15.5. The Hall–Kier alpha value is -3.55. The summed E-state index contributed by atoms with van der Waals surface area (Å²) in [5, 5.41) is 5.81. The number of hydrogen-bond acceptors (Lipinski definition) is 5. The van der Waals surface area contributed by atoms with E-state index in [1.165, 1.54) is 0 Å². The zero-order valence-electron chi connectivity index (χ0n) is 26.3. The number of hydrogen-bond donors (Lipinski definition) is 2. The third-order valence-corrected chi connectivity index (χ3v) is 7.00. The van der Waals surface area contributed by atoms with Crippen molar-refractivity contribution in [1.82, 2.24) is 10.2 Å². The molecule has 0 saturated heterocycles. The molecule has 0 spiro atoms. The van der Waals surface area contributed by atoms with Gasteiger partial charge in [-0.25, -0.2) is 4.79 Å². The highest BCUT2D eigenvalue weighted by Gasteiger charge is 2.38. The lowest BCUT2D eigenvalue weighted by atomic mass is 9.93. The van der Waals surface area contributed by atoms with E-state index >= 15 is 0 Å². The van der Waals surface area contributed by atoms with Crippen LogP contribution in [0.3, 0.4) is 0 Å². The third kappa shape index (κ3) is 10.1. The molecule has 0 saturated carbocycles. The van der Waals surface area contributed by atoms with Crippen molar-refractivity contribution >= 4 is 23.6 Å². The minimum Gasteiger partial charge on any atom is -0.497 e. The summed E-state index contributed by atoms with van der Waals surface area (Å²) in [4.78, 5) is 42.9. The molecule has 0 radical (unpaired) electrons. The number of rotatable bonds is 13. The van der Waals surface area contributed by atoms with Gasteiger partial charge in [0.25, 0.3) is 5.91 Å². The van der Waals surface area contributed by atoms with Crippen LogP contribution < -0.4 is 15.4 Å². The first-order valence-corrected chi connectivity index (χ1v) is 14.6. The fourth-order valence-corrected chi connectivity index (χ4v) is 4.61. The van der Waals surface area contributed by atoms with E-state index in [9.17, 15) is 14.4 Å². The maximum Gasteiger partial charge on any atom is 0.408 e. The Balaban J connectivity index is 2.57. The van der Waals surface area contributed by atoms with Crippen molar-refractivity contribution in [3.8, 4) is 5.75 Å². The van der Waals surface area contributed by atoms with E-state index in [-0.39, 0.29) is 17.7 Å². The van der Waals surface area contributed by atoms with Gasteiger partial charge in [-0.15, -0.1) is 0 Å². The number of aryl methyl sites for hydroxylation is 1. The molecule has 3 amide bonds. The summed E-state index contributed by atoms with van der Waals surface area (Å²) in [6.07, 6.45) is 3.06. The maximum absolute atomic E-state index is 14.4. The van der Waals surface area contributed by atoms with Gasteiger partial charge in [0.2, 0.25) is 5.91 Å². The second-order valence-electron chi connectivity index (χ2n) is 11.9. The van der Waals surface area contributed by atoms with Crippen LogP contribution in [0.15, 0.2) is 42.5 Å². The Kier molecular flexibility index (Phi) is 12.7. The molecule has 8 heteroatoms. The van der Waals surface area contributed by atoms with Crippen molar-refractivity contribution in [3.05, 3.63) is 59.2 Å². The SMILES string of the molecule is CCCCCCN(C(=O)C(NC(=O)OC(C)(C)C)C(C)C)C(C(=O)Nc1ccc(OC)cc1)c1cccc(C)c1C. The van der Waals surface area contributed by atoms with Gasteiger partial charge in [-0.05, 0) is 87.9 Å². The summed E-state index contributed by atoms with van der Waals surface area (Å²) in [5.41, 5.74) is 2.59. The molecule has 2 aromatic rings. The van der Waals surface area contributed by atoms with Crippen molar-refractivity contribution < 1.29 is 23.9 Å². The Morgan fingerprint density at radius 3 is 2.17 bits per heavy atom. The fourth-order valence-electron chi connectivity index (χ4n) is 4.61. The molecule has 226 valence electrons. The van der Waals surface area contributed by atoms with Crippen molar-refractivity contribution in [2.75, 3.05) is 19.0 Å². The molecule has 0 fully saturated rings. The number of ether oxygens (including phenoxy) is 2. The predicted molar refractivity (Wildman–Crippen MR) is 164 cm³/mol. The van der Waals surface area contributed by atoms with Gasteiger partial charge >= 0.3 is 6.09 Å². The second-order valence-corrected chi connectivity index (χ2v) is 11.9. The van der Waals surface area contributed by atoms with E-state index in [1.54, 1.807) is 57.0 Å². The normalized spacial score (nSPS) is 12.8. The first-order chi connectivity index (χ1) is 19.3. The summed E-state index contributed by atoms with van der Waals surface area (Å²) in [6, 6.07) is 11.1. The molecule has 2 unspecified atom stereocenters. The molecule has 0 aliphatic rings. The Bertz CT molecular complexity index is 1150. The topological polar surface area (TPSA) is 97.0 Å². The van der Waals surface area contributed by atoms with E-state index in [1.807, 2.05) is 45.9 Å². The van der Waals surface area contributed by atoms with Crippen molar-refractivity contribution in [3.63, 3.8) is 0 Å². The van der Waals surface area contributed by atoms with Crippen LogP contribution in [0.4, 0.5) is 10.5 Å². The van der Waals surface area contributed by atoms with Crippen molar-refractivity contribution in [2.45, 2.75) is 98.8 Å². The molecule has 2 atom stereocenters. The minimum atomic E-state index is -0.909. The summed E-state index contributed by atoms with van der Waals surface area (Å²) in [6.45, 7) is 15.5. The minimum absolute atomic E-state index is 0.239. The maximum atomic E-state index is 14.4. The van der Waals surface area contributed by atoms with Crippen molar-refractivity contribution in [1.29, 1.82) is 0 Å². The number of nitrogens with one attached hydrogen (secondary N) is 2. The van der Waals surface area contributed by atoms with Crippen LogP contribution in [0.2, 0.25) is 0 Å². The van der Waals surface area contributed by atoms with Gasteiger partial charge in [0.1, 0.15) is 23.4 Å². The van der Waals surface area contributed by atoms with E-state index in [0.717, 1.165) is 42.4 Å². The molecule has 8 nitrogen and oxygen atoms in total. The molecule has 41 heavy (non-hydrogen) atoms. The molecular weight excluding hydrogens is 518 g/mol. The van der Waals surface area contributed by atoms with E-state index in [4.69, 9.17) is 9.47 Å². The van der Waals surface area contributed by atoms with Gasteiger partial charge in [-0.2, -0.15) is 0 Å². The summed E-state index contributed by atoms with van der Waals surface area (Å²) in [7, 11) is 1.59.